The van der Waals surface area contributed by atoms with Crippen LogP contribution in [0.4, 0.5) is 10.7 Å². The molecule has 0 bridgehead atoms. The topological polar surface area (TPSA) is 87.5 Å². The Labute approximate surface area is 155 Å². The van der Waals surface area contributed by atoms with Crippen LogP contribution < -0.4 is 10.6 Å². The monoisotopic (exact) mass is 372 g/mol. The normalized spacial score (nSPS) is 19.5. The maximum atomic E-state index is 12.8. The SMILES string of the molecule is CC(C)N1CCc2c(sc3c2C(=O)N[C@@H](c2ccccc2[N+](=O)[O-])N3)C1. The van der Waals surface area contributed by atoms with Gasteiger partial charge in [-0.05, 0) is 31.9 Å². The van der Waals surface area contributed by atoms with Gasteiger partial charge in [-0.25, -0.2) is 0 Å². The van der Waals surface area contributed by atoms with Crippen LogP contribution in [0.3, 0.4) is 0 Å². The summed E-state index contributed by atoms with van der Waals surface area (Å²) < 4.78 is 0. The predicted molar refractivity (Wildman–Crippen MR) is 100 cm³/mol. The molecule has 0 aliphatic carbocycles. The fourth-order valence-electron chi connectivity index (χ4n) is 3.63. The van der Waals surface area contributed by atoms with Crippen LogP contribution >= 0.6 is 11.3 Å². The molecular formula is C18H20N4O3S. The minimum absolute atomic E-state index is 0.000974. The van der Waals surface area contributed by atoms with E-state index < -0.39 is 11.1 Å². The number of amides is 1. The molecule has 4 rings (SSSR count). The molecule has 7 nitrogen and oxygen atoms in total. The number of para-hydroxylation sites is 1. The van der Waals surface area contributed by atoms with Gasteiger partial charge >= 0.3 is 0 Å². The summed E-state index contributed by atoms with van der Waals surface area (Å²) in [5.74, 6) is -0.155. The minimum Gasteiger partial charge on any atom is -0.352 e. The van der Waals surface area contributed by atoms with Crippen LogP contribution in [0.5, 0.6) is 0 Å². The Kier molecular flexibility index (Phi) is 4.16. The smallest absolute Gasteiger partial charge is 0.276 e. The number of hydrogen-bond donors (Lipinski definition) is 2. The van der Waals surface area contributed by atoms with Crippen molar-refractivity contribution < 1.29 is 9.72 Å². The fourth-order valence-corrected chi connectivity index (χ4v) is 4.93. The van der Waals surface area contributed by atoms with Gasteiger partial charge in [0, 0.05) is 30.1 Å². The third-order valence-electron chi connectivity index (χ3n) is 5.04. The molecule has 3 heterocycles. The van der Waals surface area contributed by atoms with Crippen LogP contribution in [0, 0.1) is 10.1 Å². The summed E-state index contributed by atoms with van der Waals surface area (Å²) in [4.78, 5) is 27.3. The van der Waals surface area contributed by atoms with E-state index in [0.717, 1.165) is 30.1 Å². The van der Waals surface area contributed by atoms with Crippen LogP contribution in [0.2, 0.25) is 0 Å². The number of hydrogen-bond acceptors (Lipinski definition) is 6. The lowest BCUT2D eigenvalue weighted by molar-refractivity contribution is -0.385. The second-order valence-corrected chi connectivity index (χ2v) is 7.99. The Hall–Kier alpha value is -2.45. The van der Waals surface area contributed by atoms with E-state index in [9.17, 15) is 14.9 Å². The second-order valence-electron chi connectivity index (χ2n) is 6.89. The first-order chi connectivity index (χ1) is 12.5. The lowest BCUT2D eigenvalue weighted by Crippen LogP contribution is -2.39. The number of carbonyl (C=O) groups excluding carboxylic acids is 1. The number of fused-ring (bicyclic) bond motifs is 3. The van der Waals surface area contributed by atoms with Crippen molar-refractivity contribution in [3.8, 4) is 0 Å². The highest BCUT2D eigenvalue weighted by atomic mass is 32.1. The lowest BCUT2D eigenvalue weighted by atomic mass is 9.99. The molecule has 0 fully saturated rings. The molecule has 0 radical (unpaired) electrons. The van der Waals surface area contributed by atoms with Crippen LogP contribution in [0.1, 0.15) is 46.4 Å². The Morgan fingerprint density at radius 2 is 2.08 bits per heavy atom. The van der Waals surface area contributed by atoms with Crippen LogP contribution in [-0.4, -0.2) is 28.3 Å². The number of nitro benzene ring substituents is 1. The maximum Gasteiger partial charge on any atom is 0.276 e. The molecule has 0 saturated carbocycles. The third-order valence-corrected chi connectivity index (χ3v) is 6.19. The lowest BCUT2D eigenvalue weighted by Gasteiger charge is -2.30. The summed E-state index contributed by atoms with van der Waals surface area (Å²) in [6.07, 6.45) is 0.253. The quantitative estimate of drug-likeness (QED) is 0.638. The zero-order valence-electron chi connectivity index (χ0n) is 14.6. The van der Waals surface area contributed by atoms with E-state index in [4.69, 9.17) is 0 Å². The van der Waals surface area contributed by atoms with Crippen LogP contribution in [-0.2, 0) is 13.0 Å². The van der Waals surface area contributed by atoms with Crippen molar-refractivity contribution in [1.82, 2.24) is 10.2 Å². The molecule has 2 aliphatic heterocycles. The van der Waals surface area contributed by atoms with E-state index in [1.807, 2.05) is 0 Å². The first kappa shape index (κ1) is 17.0. The highest BCUT2D eigenvalue weighted by molar-refractivity contribution is 7.16. The van der Waals surface area contributed by atoms with Crippen molar-refractivity contribution >= 4 is 27.9 Å². The number of carbonyl (C=O) groups is 1. The highest BCUT2D eigenvalue weighted by Gasteiger charge is 2.35. The minimum atomic E-state index is -0.599. The number of nitro groups is 1. The largest absolute Gasteiger partial charge is 0.352 e. The number of rotatable bonds is 3. The Bertz CT molecular complexity index is 893. The molecule has 1 atom stereocenters. The standard InChI is InChI=1S/C18H20N4O3S/c1-10(2)21-8-7-12-14(9-21)26-18-15(12)17(23)19-16(20-18)11-5-3-4-6-13(11)22(24)25/h3-6,10,16,20H,7-9H2,1-2H3,(H,19,23)/t16-/m1/s1. The van der Waals surface area contributed by atoms with Crippen molar-refractivity contribution in [3.63, 3.8) is 0 Å². The van der Waals surface area contributed by atoms with E-state index in [1.54, 1.807) is 29.5 Å². The zero-order chi connectivity index (χ0) is 18.4. The number of nitrogens with zero attached hydrogens (tertiary/aromatic N) is 2. The molecule has 2 N–H and O–H groups in total. The van der Waals surface area contributed by atoms with Gasteiger partial charge < -0.3 is 10.6 Å². The molecule has 2 aliphatic rings. The Balaban J connectivity index is 1.69. The van der Waals surface area contributed by atoms with Gasteiger partial charge in [0.25, 0.3) is 11.6 Å². The molecular weight excluding hydrogens is 352 g/mol. The van der Waals surface area contributed by atoms with Gasteiger partial charge in [0.2, 0.25) is 0 Å². The van der Waals surface area contributed by atoms with Crippen molar-refractivity contribution in [2.45, 2.75) is 39.0 Å². The molecule has 0 spiro atoms. The van der Waals surface area contributed by atoms with E-state index in [-0.39, 0.29) is 11.6 Å². The third kappa shape index (κ3) is 2.75. The summed E-state index contributed by atoms with van der Waals surface area (Å²) in [7, 11) is 0. The molecule has 0 unspecified atom stereocenters. The van der Waals surface area contributed by atoms with Gasteiger partial charge in [0.15, 0.2) is 0 Å². The molecule has 0 saturated heterocycles. The molecule has 8 heteroatoms. The summed E-state index contributed by atoms with van der Waals surface area (Å²) in [6, 6.07) is 6.96. The van der Waals surface area contributed by atoms with E-state index >= 15 is 0 Å². The number of benzene rings is 1. The van der Waals surface area contributed by atoms with Crippen molar-refractivity contribution in [1.29, 1.82) is 0 Å². The first-order valence-corrected chi connectivity index (χ1v) is 9.46. The Morgan fingerprint density at radius 3 is 2.81 bits per heavy atom. The molecule has 2 aromatic rings. The molecule has 1 amide bonds. The van der Waals surface area contributed by atoms with Gasteiger partial charge in [0.05, 0.1) is 16.1 Å². The van der Waals surface area contributed by atoms with Gasteiger partial charge in [-0.2, -0.15) is 0 Å². The van der Waals surface area contributed by atoms with Gasteiger partial charge in [-0.1, -0.05) is 12.1 Å². The zero-order valence-corrected chi connectivity index (χ0v) is 15.4. The van der Waals surface area contributed by atoms with Gasteiger partial charge in [-0.3, -0.25) is 19.8 Å². The highest BCUT2D eigenvalue weighted by Crippen LogP contribution is 2.41. The van der Waals surface area contributed by atoms with Crippen LogP contribution in [0.15, 0.2) is 24.3 Å². The summed E-state index contributed by atoms with van der Waals surface area (Å²) in [5, 5.41) is 18.3. The van der Waals surface area contributed by atoms with E-state index in [0.29, 0.717) is 17.2 Å². The Morgan fingerprint density at radius 1 is 1.31 bits per heavy atom. The average molecular weight is 372 g/mol. The average Bonchev–Trinajstić information content (AvgIpc) is 2.99. The van der Waals surface area contributed by atoms with Gasteiger partial charge in [0.1, 0.15) is 11.2 Å². The number of anilines is 1. The predicted octanol–water partition coefficient (Wildman–Crippen LogP) is 3.28. The van der Waals surface area contributed by atoms with Crippen molar-refractivity contribution in [2.75, 3.05) is 11.9 Å². The molecule has 26 heavy (non-hydrogen) atoms. The van der Waals surface area contributed by atoms with E-state index in [1.165, 1.54) is 10.9 Å². The van der Waals surface area contributed by atoms with Crippen molar-refractivity contribution in [2.24, 2.45) is 0 Å². The van der Waals surface area contributed by atoms with Gasteiger partial charge in [-0.15, -0.1) is 11.3 Å². The fraction of sp³-hybridized carbons (Fsp3) is 0.389. The first-order valence-electron chi connectivity index (χ1n) is 8.65. The summed E-state index contributed by atoms with van der Waals surface area (Å²) in [5.41, 5.74) is 2.30. The van der Waals surface area contributed by atoms with Crippen molar-refractivity contribution in [3.05, 3.63) is 55.9 Å². The molecule has 1 aromatic carbocycles. The molecule has 1 aromatic heterocycles. The van der Waals surface area contributed by atoms with Crippen LogP contribution in [0.25, 0.3) is 0 Å². The summed E-state index contributed by atoms with van der Waals surface area (Å²) >= 11 is 1.59. The number of thiophene rings is 1. The van der Waals surface area contributed by atoms with E-state index in [2.05, 4.69) is 29.4 Å². The maximum absolute atomic E-state index is 12.8. The second kappa shape index (κ2) is 6.37. The molecule has 136 valence electrons. The summed E-state index contributed by atoms with van der Waals surface area (Å²) in [6.45, 7) is 6.13. The number of nitrogens with one attached hydrogen (secondary N) is 2.